The van der Waals surface area contributed by atoms with E-state index in [0.29, 0.717) is 17.1 Å². The van der Waals surface area contributed by atoms with E-state index >= 15 is 0 Å². The fourth-order valence-electron chi connectivity index (χ4n) is 3.73. The minimum absolute atomic E-state index is 0.383. The monoisotopic (exact) mass is 265 g/mol. The molecule has 19 heavy (non-hydrogen) atoms. The van der Waals surface area contributed by atoms with Crippen LogP contribution in [0.25, 0.3) is 0 Å². The van der Waals surface area contributed by atoms with Crippen molar-refractivity contribution >= 4 is 5.78 Å². The van der Waals surface area contributed by atoms with Crippen LogP contribution in [0.4, 0.5) is 0 Å². The molecule has 1 aliphatic carbocycles. The van der Waals surface area contributed by atoms with Gasteiger partial charge in [-0.05, 0) is 50.1 Å². The Kier molecular flexibility index (Phi) is 5.05. The van der Waals surface area contributed by atoms with E-state index in [-0.39, 0.29) is 0 Å². The van der Waals surface area contributed by atoms with Crippen molar-refractivity contribution in [1.29, 1.82) is 0 Å². The normalized spacial score (nSPS) is 24.6. The Hall–Kier alpha value is -0.370. The first-order valence-corrected chi connectivity index (χ1v) is 8.22. The molecule has 0 unspecified atom stereocenters. The number of carbonyl (C=O) groups excluding carboxylic acids is 1. The Balaban J connectivity index is 1.74. The van der Waals surface area contributed by atoms with Gasteiger partial charge in [-0.1, -0.05) is 40.0 Å². The Labute approximate surface area is 118 Å². The standard InChI is InChI=1S/C17H31NO/c1-17(2,3)15-9-11-18(12-10-15)13-16(19)14-7-5-4-6-8-14/h14-15H,4-13H2,1-3H3. The van der Waals surface area contributed by atoms with Crippen LogP contribution in [0.15, 0.2) is 0 Å². The van der Waals surface area contributed by atoms with E-state index in [1.54, 1.807) is 0 Å². The Morgan fingerprint density at radius 2 is 1.58 bits per heavy atom. The summed E-state index contributed by atoms with van der Waals surface area (Å²) in [7, 11) is 0. The van der Waals surface area contributed by atoms with Crippen LogP contribution in [0.3, 0.4) is 0 Å². The van der Waals surface area contributed by atoms with Crippen LogP contribution < -0.4 is 0 Å². The van der Waals surface area contributed by atoms with E-state index in [1.807, 2.05) is 0 Å². The lowest BCUT2D eigenvalue weighted by molar-refractivity contribution is -0.125. The number of Topliss-reactive ketones (excluding diaryl/α,β-unsaturated/α-hetero) is 1. The fourth-order valence-corrected chi connectivity index (χ4v) is 3.73. The lowest BCUT2D eigenvalue weighted by Crippen LogP contribution is -2.41. The van der Waals surface area contributed by atoms with Gasteiger partial charge < -0.3 is 0 Å². The number of hydrogen-bond donors (Lipinski definition) is 0. The van der Waals surface area contributed by atoms with Crippen molar-refractivity contribution in [1.82, 2.24) is 4.90 Å². The first-order chi connectivity index (χ1) is 8.97. The van der Waals surface area contributed by atoms with Crippen molar-refractivity contribution in [2.24, 2.45) is 17.3 Å². The molecule has 2 heteroatoms. The van der Waals surface area contributed by atoms with Crippen molar-refractivity contribution < 1.29 is 4.79 Å². The van der Waals surface area contributed by atoms with Gasteiger partial charge in [0, 0.05) is 5.92 Å². The molecule has 2 nitrogen and oxygen atoms in total. The Morgan fingerprint density at radius 3 is 2.11 bits per heavy atom. The van der Waals surface area contributed by atoms with E-state index in [2.05, 4.69) is 25.7 Å². The smallest absolute Gasteiger partial charge is 0.149 e. The highest BCUT2D eigenvalue weighted by atomic mass is 16.1. The summed E-state index contributed by atoms with van der Waals surface area (Å²) in [4.78, 5) is 14.7. The molecule has 0 aromatic heterocycles. The van der Waals surface area contributed by atoms with Crippen LogP contribution in [0.2, 0.25) is 0 Å². The predicted octanol–water partition coefficient (Wildman–Crippen LogP) is 3.89. The maximum absolute atomic E-state index is 12.3. The molecular weight excluding hydrogens is 234 g/mol. The molecule has 0 N–H and O–H groups in total. The molecule has 0 aromatic carbocycles. The molecular formula is C17H31NO. The molecule has 1 saturated carbocycles. The third-order valence-corrected chi connectivity index (χ3v) is 5.25. The minimum atomic E-state index is 0.383. The van der Waals surface area contributed by atoms with E-state index in [0.717, 1.165) is 38.4 Å². The SMILES string of the molecule is CC(C)(C)C1CCN(CC(=O)C2CCCCC2)CC1. The van der Waals surface area contributed by atoms with Gasteiger partial charge in [-0.3, -0.25) is 9.69 Å². The van der Waals surface area contributed by atoms with Crippen LogP contribution in [0.5, 0.6) is 0 Å². The number of likely N-dealkylation sites (tertiary alicyclic amines) is 1. The molecule has 0 radical (unpaired) electrons. The van der Waals surface area contributed by atoms with Crippen molar-refractivity contribution in [2.75, 3.05) is 19.6 Å². The average molecular weight is 265 g/mol. The lowest BCUT2D eigenvalue weighted by atomic mass is 9.75. The third kappa shape index (κ3) is 4.30. The quantitative estimate of drug-likeness (QED) is 0.771. The number of rotatable bonds is 3. The van der Waals surface area contributed by atoms with Crippen LogP contribution in [-0.4, -0.2) is 30.3 Å². The van der Waals surface area contributed by atoms with E-state index in [1.165, 1.54) is 32.1 Å². The molecule has 0 aromatic rings. The molecule has 0 spiro atoms. The second-order valence-corrected chi connectivity index (χ2v) is 7.72. The largest absolute Gasteiger partial charge is 0.298 e. The van der Waals surface area contributed by atoms with Gasteiger partial charge in [-0.25, -0.2) is 0 Å². The molecule has 110 valence electrons. The topological polar surface area (TPSA) is 20.3 Å². The second-order valence-electron chi connectivity index (χ2n) is 7.72. The maximum Gasteiger partial charge on any atom is 0.149 e. The Morgan fingerprint density at radius 1 is 1.00 bits per heavy atom. The molecule has 0 amide bonds. The van der Waals surface area contributed by atoms with Gasteiger partial charge in [-0.15, -0.1) is 0 Å². The van der Waals surface area contributed by atoms with Crippen LogP contribution in [-0.2, 0) is 4.79 Å². The minimum Gasteiger partial charge on any atom is -0.298 e. The molecule has 2 rings (SSSR count). The van der Waals surface area contributed by atoms with Crippen molar-refractivity contribution in [3.8, 4) is 0 Å². The summed E-state index contributed by atoms with van der Waals surface area (Å²) >= 11 is 0. The van der Waals surface area contributed by atoms with E-state index in [4.69, 9.17) is 0 Å². The van der Waals surface area contributed by atoms with Crippen molar-refractivity contribution in [3.63, 3.8) is 0 Å². The summed E-state index contributed by atoms with van der Waals surface area (Å²) in [6.45, 7) is 10.0. The number of nitrogens with zero attached hydrogens (tertiary/aromatic N) is 1. The van der Waals surface area contributed by atoms with Gasteiger partial charge in [0.2, 0.25) is 0 Å². The predicted molar refractivity (Wildman–Crippen MR) is 80.2 cm³/mol. The highest BCUT2D eigenvalue weighted by molar-refractivity contribution is 5.83. The summed E-state index contributed by atoms with van der Waals surface area (Å²) in [6, 6.07) is 0. The molecule has 2 fully saturated rings. The van der Waals surface area contributed by atoms with Crippen LogP contribution in [0.1, 0.15) is 65.7 Å². The molecule has 1 aliphatic heterocycles. The number of piperidine rings is 1. The molecule has 0 bridgehead atoms. The van der Waals surface area contributed by atoms with E-state index in [9.17, 15) is 4.79 Å². The third-order valence-electron chi connectivity index (χ3n) is 5.25. The van der Waals surface area contributed by atoms with Gasteiger partial charge >= 0.3 is 0 Å². The molecule has 2 aliphatic rings. The fraction of sp³-hybridized carbons (Fsp3) is 0.941. The first-order valence-electron chi connectivity index (χ1n) is 8.22. The number of hydrogen-bond acceptors (Lipinski definition) is 2. The molecule has 1 saturated heterocycles. The van der Waals surface area contributed by atoms with Gasteiger partial charge in [0.1, 0.15) is 5.78 Å². The van der Waals surface area contributed by atoms with Gasteiger partial charge in [0.25, 0.3) is 0 Å². The summed E-state index contributed by atoms with van der Waals surface area (Å²) in [5.74, 6) is 1.73. The molecule has 0 atom stereocenters. The van der Waals surface area contributed by atoms with E-state index < -0.39 is 0 Å². The number of ketones is 1. The van der Waals surface area contributed by atoms with Gasteiger partial charge in [-0.2, -0.15) is 0 Å². The maximum atomic E-state index is 12.3. The van der Waals surface area contributed by atoms with Gasteiger partial charge in [0.05, 0.1) is 6.54 Å². The number of carbonyl (C=O) groups is 1. The second kappa shape index (κ2) is 6.39. The van der Waals surface area contributed by atoms with Crippen LogP contribution >= 0.6 is 0 Å². The summed E-state index contributed by atoms with van der Waals surface area (Å²) in [5.41, 5.74) is 0.430. The van der Waals surface area contributed by atoms with Gasteiger partial charge in [0.15, 0.2) is 0 Å². The molecule has 1 heterocycles. The zero-order valence-corrected chi connectivity index (χ0v) is 13.1. The summed E-state index contributed by atoms with van der Waals surface area (Å²) in [5, 5.41) is 0. The Bertz CT molecular complexity index is 291. The van der Waals surface area contributed by atoms with Crippen molar-refractivity contribution in [2.45, 2.75) is 65.7 Å². The average Bonchev–Trinajstić information content (AvgIpc) is 2.39. The first kappa shape index (κ1) is 15.0. The van der Waals surface area contributed by atoms with Crippen molar-refractivity contribution in [3.05, 3.63) is 0 Å². The highest BCUT2D eigenvalue weighted by Gasteiger charge is 2.30. The zero-order chi connectivity index (χ0) is 13.9. The summed E-state index contributed by atoms with van der Waals surface area (Å²) in [6.07, 6.45) is 8.70. The zero-order valence-electron chi connectivity index (χ0n) is 13.1. The lowest BCUT2D eigenvalue weighted by Gasteiger charge is -2.39. The van der Waals surface area contributed by atoms with Crippen LogP contribution in [0, 0.1) is 17.3 Å². The highest BCUT2D eigenvalue weighted by Crippen LogP contribution is 2.34. The summed E-state index contributed by atoms with van der Waals surface area (Å²) < 4.78 is 0.